The molecule has 7 heteroatoms. The van der Waals surface area contributed by atoms with Crippen LogP contribution >= 0.6 is 0 Å². The van der Waals surface area contributed by atoms with Crippen molar-refractivity contribution in [2.24, 2.45) is 0 Å². The van der Waals surface area contributed by atoms with Crippen molar-refractivity contribution in [3.8, 4) is 0 Å². The zero-order valence-corrected chi connectivity index (χ0v) is 19.7. The van der Waals surface area contributed by atoms with E-state index in [1.54, 1.807) is 6.20 Å². The number of nitrogens with one attached hydrogen (secondary N) is 2. The number of hydrogen-bond acceptors (Lipinski definition) is 5. The van der Waals surface area contributed by atoms with Gasteiger partial charge in [0.05, 0.1) is 12.7 Å². The van der Waals surface area contributed by atoms with Crippen LogP contribution in [0.2, 0.25) is 0 Å². The molecule has 2 aromatic heterocycles. The van der Waals surface area contributed by atoms with Crippen molar-refractivity contribution in [1.82, 2.24) is 25.4 Å². The number of carbonyl (C=O) groups excluding carboxylic acids is 1. The minimum Gasteiger partial charge on any atom is -0.383 e. The Morgan fingerprint density at radius 3 is 2.71 bits per heavy atom. The van der Waals surface area contributed by atoms with Crippen LogP contribution in [0.25, 0.3) is 10.8 Å². The van der Waals surface area contributed by atoms with E-state index in [1.807, 2.05) is 54.3 Å². The van der Waals surface area contributed by atoms with Gasteiger partial charge in [-0.25, -0.2) is 4.98 Å². The van der Waals surface area contributed by atoms with Crippen molar-refractivity contribution in [2.45, 2.75) is 26.4 Å². The smallest absolute Gasteiger partial charge is 0.267 e. The van der Waals surface area contributed by atoms with Gasteiger partial charge in [-0.2, -0.15) is 5.10 Å². The monoisotopic (exact) mass is 464 g/mol. The Bertz CT molecular complexity index is 1430. The molecule has 1 aliphatic heterocycles. The van der Waals surface area contributed by atoms with Crippen LogP contribution < -0.4 is 16.4 Å². The molecule has 7 nitrogen and oxygen atoms in total. The molecule has 0 aliphatic carbocycles. The standard InChI is InChI=1S/C28H28N6O/c1-19-15-33-34(17-19)18-21-4-2-20(3-5-21)12-22-8-10-30-26(14-22)28(35)32-16-23-6-7-25-24(13-23)9-11-31-27(25)29/h2-9,11,13-15,17,30H,10,12,16,18H2,1H3,(H2,29,31)(H,32,35). The number of aromatic nitrogens is 3. The SMILES string of the molecule is Cc1cnn(Cc2ccc(CC3=CCNC(C(=O)NCc4ccc5c(N)nccc5c4)=C3)cc2)c1. The molecular weight excluding hydrogens is 436 g/mol. The van der Waals surface area contributed by atoms with Crippen LogP contribution in [0.4, 0.5) is 5.82 Å². The average molecular weight is 465 g/mol. The molecular formula is C28H28N6O. The normalized spacial score (nSPS) is 13.2. The fraction of sp³-hybridized carbons (Fsp3) is 0.179. The van der Waals surface area contributed by atoms with Gasteiger partial charge < -0.3 is 16.4 Å². The number of allylic oxidation sites excluding steroid dienone is 2. The van der Waals surface area contributed by atoms with Crippen LogP contribution in [0.5, 0.6) is 0 Å². The molecule has 4 N–H and O–H groups in total. The van der Waals surface area contributed by atoms with Gasteiger partial charge in [-0.3, -0.25) is 9.48 Å². The molecule has 0 atom stereocenters. The lowest BCUT2D eigenvalue weighted by atomic mass is 10.0. The molecule has 176 valence electrons. The third kappa shape index (κ3) is 5.41. The van der Waals surface area contributed by atoms with Crippen molar-refractivity contribution >= 4 is 22.5 Å². The molecule has 0 fully saturated rings. The minimum absolute atomic E-state index is 0.116. The number of pyridine rings is 1. The minimum atomic E-state index is -0.116. The summed E-state index contributed by atoms with van der Waals surface area (Å²) in [6, 6.07) is 16.4. The number of hydrogen-bond donors (Lipinski definition) is 3. The van der Waals surface area contributed by atoms with Crippen molar-refractivity contribution in [3.63, 3.8) is 0 Å². The number of benzene rings is 2. The molecule has 0 bridgehead atoms. The van der Waals surface area contributed by atoms with Crippen molar-refractivity contribution < 1.29 is 4.79 Å². The van der Waals surface area contributed by atoms with Crippen LogP contribution in [0.3, 0.4) is 0 Å². The maximum Gasteiger partial charge on any atom is 0.267 e. The highest BCUT2D eigenvalue weighted by atomic mass is 16.2. The van der Waals surface area contributed by atoms with Crippen LogP contribution in [0.1, 0.15) is 22.3 Å². The molecule has 2 aromatic carbocycles. The molecule has 4 aromatic rings. The Morgan fingerprint density at radius 1 is 1.11 bits per heavy atom. The van der Waals surface area contributed by atoms with Gasteiger partial charge in [0.1, 0.15) is 11.5 Å². The van der Waals surface area contributed by atoms with E-state index in [1.165, 1.54) is 11.1 Å². The zero-order valence-electron chi connectivity index (χ0n) is 19.7. The van der Waals surface area contributed by atoms with Gasteiger partial charge >= 0.3 is 0 Å². The molecule has 0 saturated heterocycles. The lowest BCUT2D eigenvalue weighted by Gasteiger charge is -2.16. The second kappa shape index (κ2) is 9.85. The Hall–Kier alpha value is -4.39. The summed E-state index contributed by atoms with van der Waals surface area (Å²) in [6.45, 7) is 3.87. The summed E-state index contributed by atoms with van der Waals surface area (Å²) >= 11 is 0. The zero-order chi connectivity index (χ0) is 24.2. The first kappa shape index (κ1) is 22.4. The summed E-state index contributed by atoms with van der Waals surface area (Å²) < 4.78 is 1.94. The molecule has 3 heterocycles. The first-order chi connectivity index (χ1) is 17.0. The van der Waals surface area contributed by atoms with E-state index in [0.29, 0.717) is 24.6 Å². The summed E-state index contributed by atoms with van der Waals surface area (Å²) in [5.41, 5.74) is 12.2. The van der Waals surface area contributed by atoms with E-state index in [0.717, 1.165) is 40.4 Å². The van der Waals surface area contributed by atoms with Crippen LogP contribution in [-0.2, 0) is 24.3 Å². The predicted octanol–water partition coefficient (Wildman–Crippen LogP) is 3.64. The van der Waals surface area contributed by atoms with Gasteiger partial charge in [-0.15, -0.1) is 0 Å². The number of dihydropyridines is 1. The van der Waals surface area contributed by atoms with Gasteiger partial charge in [0.15, 0.2) is 0 Å². The Balaban J connectivity index is 1.18. The van der Waals surface area contributed by atoms with Crippen molar-refractivity contribution in [2.75, 3.05) is 12.3 Å². The highest BCUT2D eigenvalue weighted by Gasteiger charge is 2.13. The summed E-state index contributed by atoms with van der Waals surface area (Å²) in [5.74, 6) is 0.395. The highest BCUT2D eigenvalue weighted by molar-refractivity contribution is 5.94. The molecule has 0 saturated carbocycles. The number of anilines is 1. The van der Waals surface area contributed by atoms with Crippen LogP contribution in [0, 0.1) is 6.92 Å². The van der Waals surface area contributed by atoms with Gasteiger partial charge in [-0.05, 0) is 64.8 Å². The Kier molecular flexibility index (Phi) is 6.30. The largest absolute Gasteiger partial charge is 0.383 e. The molecule has 0 spiro atoms. The second-order valence-electron chi connectivity index (χ2n) is 8.86. The third-order valence-corrected chi connectivity index (χ3v) is 6.08. The number of amides is 1. The van der Waals surface area contributed by atoms with Crippen molar-refractivity contribution in [3.05, 3.63) is 113 Å². The van der Waals surface area contributed by atoms with Gasteiger partial charge in [0.2, 0.25) is 0 Å². The highest BCUT2D eigenvalue weighted by Crippen LogP contribution is 2.20. The lowest BCUT2D eigenvalue weighted by molar-refractivity contribution is -0.118. The molecule has 0 unspecified atom stereocenters. The van der Waals surface area contributed by atoms with E-state index in [2.05, 4.69) is 51.1 Å². The second-order valence-corrected chi connectivity index (χ2v) is 8.86. The van der Waals surface area contributed by atoms with Crippen molar-refractivity contribution in [1.29, 1.82) is 0 Å². The number of nitrogens with zero attached hydrogens (tertiary/aromatic N) is 3. The predicted molar refractivity (Wildman–Crippen MR) is 138 cm³/mol. The van der Waals surface area contributed by atoms with E-state index >= 15 is 0 Å². The maximum absolute atomic E-state index is 12.8. The molecule has 35 heavy (non-hydrogen) atoms. The fourth-order valence-electron chi connectivity index (χ4n) is 4.23. The topological polar surface area (TPSA) is 97.9 Å². The molecule has 0 radical (unpaired) electrons. The fourth-order valence-corrected chi connectivity index (χ4v) is 4.23. The summed E-state index contributed by atoms with van der Waals surface area (Å²) in [5, 5.41) is 12.5. The maximum atomic E-state index is 12.8. The van der Waals surface area contributed by atoms with Gasteiger partial charge in [0, 0.05) is 30.9 Å². The number of nitrogens with two attached hydrogens (primary N) is 1. The number of fused-ring (bicyclic) bond motifs is 1. The first-order valence-electron chi connectivity index (χ1n) is 11.7. The Morgan fingerprint density at radius 2 is 1.91 bits per heavy atom. The first-order valence-corrected chi connectivity index (χ1v) is 11.7. The Labute approximate surface area is 204 Å². The van der Waals surface area contributed by atoms with E-state index in [9.17, 15) is 4.79 Å². The average Bonchev–Trinajstić information content (AvgIpc) is 3.28. The van der Waals surface area contributed by atoms with Gasteiger partial charge in [-0.1, -0.05) is 42.5 Å². The van der Waals surface area contributed by atoms with E-state index in [-0.39, 0.29) is 5.91 Å². The molecule has 5 rings (SSSR count). The number of nitrogen functional groups attached to an aromatic ring is 1. The van der Waals surface area contributed by atoms with E-state index < -0.39 is 0 Å². The number of rotatable bonds is 7. The molecule has 1 amide bonds. The van der Waals surface area contributed by atoms with Gasteiger partial charge in [0.25, 0.3) is 5.91 Å². The van der Waals surface area contributed by atoms with Crippen LogP contribution in [0.15, 0.2) is 90.5 Å². The number of aryl methyl sites for hydroxylation is 1. The summed E-state index contributed by atoms with van der Waals surface area (Å²) in [7, 11) is 0. The quantitative estimate of drug-likeness (QED) is 0.388. The molecule has 1 aliphatic rings. The van der Waals surface area contributed by atoms with Crippen LogP contribution in [-0.4, -0.2) is 27.2 Å². The number of carbonyl (C=O) groups is 1. The summed E-state index contributed by atoms with van der Waals surface area (Å²) in [4.78, 5) is 16.9. The third-order valence-electron chi connectivity index (χ3n) is 6.08. The lowest BCUT2D eigenvalue weighted by Crippen LogP contribution is -2.33. The summed E-state index contributed by atoms with van der Waals surface area (Å²) in [6.07, 6.45) is 10.4. The van der Waals surface area contributed by atoms with E-state index in [4.69, 9.17) is 5.73 Å².